The Morgan fingerprint density at radius 3 is 2.31 bits per heavy atom. The highest BCUT2D eigenvalue weighted by Crippen LogP contribution is 2.24. The Balaban J connectivity index is 2.29. The van der Waals surface area contributed by atoms with Crippen LogP contribution in [0.3, 0.4) is 0 Å². The summed E-state index contributed by atoms with van der Waals surface area (Å²) in [7, 11) is 0. The molecule has 2 aromatic rings. The maximum absolute atomic E-state index is 13.3. The van der Waals surface area contributed by atoms with E-state index in [0.29, 0.717) is 27.8 Å². The quantitative estimate of drug-likeness (QED) is 0.528. The third-order valence-corrected chi connectivity index (χ3v) is 5.67. The van der Waals surface area contributed by atoms with Crippen molar-refractivity contribution in [3.63, 3.8) is 0 Å². The Morgan fingerprint density at radius 1 is 1.06 bits per heavy atom. The van der Waals surface area contributed by atoms with Crippen molar-refractivity contribution < 1.29 is 14.3 Å². The number of ether oxygens (including phenoxy) is 1. The average Bonchev–Trinajstić information content (AvgIpc) is 2.68. The van der Waals surface area contributed by atoms with E-state index in [1.807, 2.05) is 59.7 Å². The Morgan fingerprint density at radius 2 is 1.75 bits per heavy atom. The molecule has 0 aliphatic carbocycles. The first-order valence-electron chi connectivity index (χ1n) is 10.7. The molecule has 0 heterocycles. The third-order valence-electron chi connectivity index (χ3n) is 5.08. The number of carbonyl (C=O) groups excluding carboxylic acids is 2. The van der Waals surface area contributed by atoms with Gasteiger partial charge in [-0.05, 0) is 82.0 Å². The van der Waals surface area contributed by atoms with Crippen LogP contribution in [-0.2, 0) is 16.1 Å². The molecule has 1 atom stereocenters. The van der Waals surface area contributed by atoms with Gasteiger partial charge in [-0.3, -0.25) is 9.59 Å². The summed E-state index contributed by atoms with van der Waals surface area (Å²) < 4.78 is 5.77. The molecule has 0 bridgehead atoms. The summed E-state index contributed by atoms with van der Waals surface area (Å²) in [5.74, 6) is 0.0906. The first kappa shape index (κ1) is 26.0. The summed E-state index contributed by atoms with van der Waals surface area (Å²) in [4.78, 5) is 27.8. The highest BCUT2D eigenvalue weighted by molar-refractivity contribution is 6.35. The van der Waals surface area contributed by atoms with Crippen molar-refractivity contribution in [3.05, 3.63) is 63.1 Å². The molecule has 0 unspecified atom stereocenters. The van der Waals surface area contributed by atoms with E-state index in [2.05, 4.69) is 5.32 Å². The molecule has 5 nitrogen and oxygen atoms in total. The zero-order valence-corrected chi connectivity index (χ0v) is 21.1. The monoisotopic (exact) mass is 478 g/mol. The van der Waals surface area contributed by atoms with E-state index < -0.39 is 11.6 Å². The standard InChI is InChI=1S/C25H32Cl2N2O3/c1-7-22(24(31)28-25(4,5)6)29(14-18-9-10-19(26)13-21(18)27)23(30)15-32-20-11-8-16(2)17(3)12-20/h8-13,22H,7,14-15H2,1-6H3,(H,28,31)/t22-/m0/s1. The van der Waals surface area contributed by atoms with Gasteiger partial charge in [0.05, 0.1) is 0 Å². The van der Waals surface area contributed by atoms with Crippen LogP contribution in [0.15, 0.2) is 36.4 Å². The fraction of sp³-hybridized carbons (Fsp3) is 0.440. The van der Waals surface area contributed by atoms with Gasteiger partial charge in [0.15, 0.2) is 6.61 Å². The molecule has 2 amide bonds. The van der Waals surface area contributed by atoms with Gasteiger partial charge in [0.2, 0.25) is 5.91 Å². The van der Waals surface area contributed by atoms with Crippen LogP contribution >= 0.6 is 23.2 Å². The fourth-order valence-electron chi connectivity index (χ4n) is 3.24. The summed E-state index contributed by atoms with van der Waals surface area (Å²) in [6.07, 6.45) is 0.447. The summed E-state index contributed by atoms with van der Waals surface area (Å²) in [5, 5.41) is 3.92. The molecule has 2 rings (SSSR count). The van der Waals surface area contributed by atoms with Crippen LogP contribution in [0.5, 0.6) is 5.75 Å². The van der Waals surface area contributed by atoms with E-state index in [1.54, 1.807) is 18.2 Å². The van der Waals surface area contributed by atoms with Crippen molar-refractivity contribution in [2.45, 2.75) is 66.1 Å². The third kappa shape index (κ3) is 7.42. The van der Waals surface area contributed by atoms with Crippen LogP contribution in [0.1, 0.15) is 50.8 Å². The molecule has 0 saturated carbocycles. The molecule has 0 aromatic heterocycles. The van der Waals surface area contributed by atoms with Crippen LogP contribution in [-0.4, -0.2) is 34.9 Å². The number of nitrogens with zero attached hydrogens (tertiary/aromatic N) is 1. The molecule has 1 N–H and O–H groups in total. The lowest BCUT2D eigenvalue weighted by Crippen LogP contribution is -2.54. The van der Waals surface area contributed by atoms with E-state index in [-0.39, 0.29) is 25.0 Å². The van der Waals surface area contributed by atoms with E-state index in [4.69, 9.17) is 27.9 Å². The van der Waals surface area contributed by atoms with Crippen LogP contribution in [0.2, 0.25) is 10.0 Å². The molecule has 0 saturated heterocycles. The van der Waals surface area contributed by atoms with Crippen LogP contribution < -0.4 is 10.1 Å². The summed E-state index contributed by atoms with van der Waals surface area (Å²) >= 11 is 12.4. The molecule has 32 heavy (non-hydrogen) atoms. The predicted molar refractivity (Wildman–Crippen MR) is 130 cm³/mol. The van der Waals surface area contributed by atoms with Gasteiger partial charge >= 0.3 is 0 Å². The first-order chi connectivity index (χ1) is 14.9. The van der Waals surface area contributed by atoms with Gasteiger partial charge in [-0.2, -0.15) is 0 Å². The predicted octanol–water partition coefficient (Wildman–Crippen LogP) is 5.71. The molecule has 0 aliphatic rings. The zero-order valence-electron chi connectivity index (χ0n) is 19.6. The smallest absolute Gasteiger partial charge is 0.261 e. The maximum atomic E-state index is 13.3. The van der Waals surface area contributed by atoms with Gasteiger partial charge < -0.3 is 15.0 Å². The Labute approximate surface area is 201 Å². The van der Waals surface area contributed by atoms with Gasteiger partial charge in [0.25, 0.3) is 5.91 Å². The number of benzene rings is 2. The van der Waals surface area contributed by atoms with Gasteiger partial charge in [-0.1, -0.05) is 42.3 Å². The normalized spacial score (nSPS) is 12.2. The highest BCUT2D eigenvalue weighted by atomic mass is 35.5. The van der Waals surface area contributed by atoms with E-state index in [1.165, 1.54) is 4.90 Å². The number of hydrogen-bond donors (Lipinski definition) is 1. The molecule has 174 valence electrons. The molecule has 2 aromatic carbocycles. The number of halogens is 2. The Bertz CT molecular complexity index is 970. The number of rotatable bonds is 8. The summed E-state index contributed by atoms with van der Waals surface area (Å²) in [6, 6.07) is 10.1. The second kappa shape index (κ2) is 11.1. The van der Waals surface area contributed by atoms with Gasteiger partial charge in [0.1, 0.15) is 11.8 Å². The average molecular weight is 479 g/mol. The number of amides is 2. The first-order valence-corrected chi connectivity index (χ1v) is 11.4. The minimum atomic E-state index is -0.670. The maximum Gasteiger partial charge on any atom is 0.261 e. The number of carbonyl (C=O) groups is 2. The van der Waals surface area contributed by atoms with Gasteiger partial charge in [-0.15, -0.1) is 0 Å². The lowest BCUT2D eigenvalue weighted by molar-refractivity contribution is -0.143. The molecular formula is C25H32Cl2N2O3. The van der Waals surface area contributed by atoms with Crippen LogP contribution in [0.25, 0.3) is 0 Å². The van der Waals surface area contributed by atoms with E-state index in [9.17, 15) is 9.59 Å². The van der Waals surface area contributed by atoms with Crippen molar-refractivity contribution in [2.24, 2.45) is 0 Å². The zero-order chi connectivity index (χ0) is 24.1. The van der Waals surface area contributed by atoms with Crippen molar-refractivity contribution in [1.29, 1.82) is 0 Å². The summed E-state index contributed by atoms with van der Waals surface area (Å²) in [5.41, 5.74) is 2.51. The lowest BCUT2D eigenvalue weighted by atomic mass is 10.1. The molecular weight excluding hydrogens is 447 g/mol. The molecule has 0 aliphatic heterocycles. The van der Waals surface area contributed by atoms with Crippen LogP contribution in [0, 0.1) is 13.8 Å². The number of nitrogens with one attached hydrogen (secondary N) is 1. The van der Waals surface area contributed by atoms with Gasteiger partial charge in [0, 0.05) is 22.1 Å². The van der Waals surface area contributed by atoms with Gasteiger partial charge in [-0.25, -0.2) is 0 Å². The van der Waals surface area contributed by atoms with Crippen molar-refractivity contribution in [1.82, 2.24) is 10.2 Å². The van der Waals surface area contributed by atoms with Crippen LogP contribution in [0.4, 0.5) is 0 Å². The molecule has 0 spiro atoms. The minimum absolute atomic E-state index is 0.168. The molecule has 0 fully saturated rings. The van der Waals surface area contributed by atoms with Crippen molar-refractivity contribution in [2.75, 3.05) is 6.61 Å². The van der Waals surface area contributed by atoms with Crippen molar-refractivity contribution in [3.8, 4) is 5.75 Å². The second-order valence-corrected chi connectivity index (χ2v) is 9.80. The summed E-state index contributed by atoms with van der Waals surface area (Å²) in [6.45, 7) is 11.6. The minimum Gasteiger partial charge on any atom is -0.484 e. The second-order valence-electron chi connectivity index (χ2n) is 8.96. The van der Waals surface area contributed by atoms with Crippen molar-refractivity contribution >= 4 is 35.0 Å². The molecule has 7 heteroatoms. The largest absolute Gasteiger partial charge is 0.484 e. The van der Waals surface area contributed by atoms with E-state index in [0.717, 1.165) is 11.1 Å². The topological polar surface area (TPSA) is 58.6 Å². The number of hydrogen-bond acceptors (Lipinski definition) is 3. The Kier molecular flexibility index (Phi) is 8.99. The highest BCUT2D eigenvalue weighted by Gasteiger charge is 2.31. The lowest BCUT2D eigenvalue weighted by Gasteiger charge is -2.33. The SMILES string of the molecule is CC[C@@H](C(=O)NC(C)(C)C)N(Cc1ccc(Cl)cc1Cl)C(=O)COc1ccc(C)c(C)c1. The number of aryl methyl sites for hydroxylation is 2. The molecule has 0 radical (unpaired) electrons. The fourth-order valence-corrected chi connectivity index (χ4v) is 3.71. The Hall–Kier alpha value is -2.24. The van der Waals surface area contributed by atoms with E-state index >= 15 is 0 Å².